The normalized spacial score (nSPS) is 13.2. The summed E-state index contributed by atoms with van der Waals surface area (Å²) in [5.74, 6) is 1.21. The molecule has 0 amide bonds. The molecule has 61 heavy (non-hydrogen) atoms. The highest BCUT2D eigenvalue weighted by atomic mass is 15.3. The highest BCUT2D eigenvalue weighted by Crippen LogP contribution is 2.50. The van der Waals surface area contributed by atoms with Crippen LogP contribution in [-0.4, -0.2) is 11.3 Å². The van der Waals surface area contributed by atoms with Crippen LogP contribution in [0.5, 0.6) is 0 Å². The molecule has 2 aliphatic rings. The molecule has 0 saturated heterocycles. The van der Waals surface area contributed by atoms with Crippen molar-refractivity contribution in [3.63, 3.8) is 0 Å². The van der Waals surface area contributed by atoms with Gasteiger partial charge in [-0.2, -0.15) is 0 Å². The molecular weight excluding hydrogens is 737 g/mol. The van der Waals surface area contributed by atoms with Crippen molar-refractivity contribution >= 4 is 133 Å². The van der Waals surface area contributed by atoms with Crippen LogP contribution in [0.3, 0.4) is 0 Å². The Bertz CT molecular complexity index is 3790. The fourth-order valence-electron chi connectivity index (χ4n) is 11.6. The molecule has 0 spiro atoms. The van der Waals surface area contributed by atoms with Crippen LogP contribution in [0.1, 0.15) is 0 Å². The lowest BCUT2D eigenvalue weighted by atomic mass is 9.33. The summed E-state index contributed by atoms with van der Waals surface area (Å²) in [4.78, 5) is 5.18. The van der Waals surface area contributed by atoms with E-state index in [4.69, 9.17) is 0 Å². The molecular formula is C57H36BN3. The van der Waals surface area contributed by atoms with Gasteiger partial charge in [0.2, 0.25) is 0 Å². The molecule has 0 saturated carbocycles. The molecule has 11 aromatic carbocycles. The third-order valence-electron chi connectivity index (χ3n) is 13.9. The molecule has 14 rings (SSSR count). The molecule has 4 heteroatoms. The van der Waals surface area contributed by atoms with E-state index in [0.29, 0.717) is 0 Å². The van der Waals surface area contributed by atoms with Gasteiger partial charge < -0.3 is 9.47 Å². The van der Waals surface area contributed by atoms with Gasteiger partial charge in [0, 0.05) is 40.4 Å². The number of aromatic nitrogens is 1. The average molecular weight is 774 g/mol. The number of para-hydroxylation sites is 2. The molecule has 12 aromatic rings. The van der Waals surface area contributed by atoms with E-state index in [2.05, 4.69) is 222 Å². The van der Waals surface area contributed by atoms with Crippen LogP contribution in [0.2, 0.25) is 0 Å². The van der Waals surface area contributed by atoms with Crippen molar-refractivity contribution < 1.29 is 0 Å². The van der Waals surface area contributed by atoms with Gasteiger partial charge in [-0.05, 0) is 112 Å². The largest absolute Gasteiger partial charge is 0.330 e. The molecule has 3 nitrogen and oxygen atoms in total. The Morgan fingerprint density at radius 1 is 0.295 bits per heavy atom. The van der Waals surface area contributed by atoms with Crippen LogP contribution in [0, 0.1) is 0 Å². The summed E-state index contributed by atoms with van der Waals surface area (Å²) in [6.45, 7) is 0.0103. The zero-order valence-corrected chi connectivity index (χ0v) is 33.5. The topological polar surface area (TPSA) is 11.4 Å². The number of benzene rings is 11. The number of nitrogens with zero attached hydrogens (tertiary/aromatic N) is 3. The second-order valence-corrected chi connectivity index (χ2v) is 16.8. The van der Waals surface area contributed by atoms with E-state index in [1.165, 1.54) is 126 Å². The Morgan fingerprint density at radius 2 is 0.656 bits per heavy atom. The maximum atomic E-state index is 2.60. The third-order valence-corrected chi connectivity index (χ3v) is 13.9. The van der Waals surface area contributed by atoms with Gasteiger partial charge in [0.15, 0.2) is 0 Å². The van der Waals surface area contributed by atoms with Crippen LogP contribution in [0.4, 0.5) is 34.3 Å². The number of anilines is 6. The molecule has 0 atom stereocenters. The summed E-state index contributed by atoms with van der Waals surface area (Å²) in [5, 5.41) is 16.6. The van der Waals surface area contributed by atoms with Crippen LogP contribution >= 0.6 is 0 Å². The van der Waals surface area contributed by atoms with Crippen LogP contribution in [0.25, 0.3) is 75.5 Å². The summed E-state index contributed by atoms with van der Waals surface area (Å²) in [6, 6.07) is 74.8. The van der Waals surface area contributed by atoms with Gasteiger partial charge in [0.05, 0.1) is 11.4 Å². The predicted octanol–water partition coefficient (Wildman–Crippen LogP) is 13.2. The highest BCUT2D eigenvalue weighted by molar-refractivity contribution is 7.01. The minimum atomic E-state index is 0.0103. The molecule has 282 valence electrons. The monoisotopic (exact) mass is 773 g/mol. The van der Waals surface area contributed by atoms with Crippen molar-refractivity contribution in [2.45, 2.75) is 0 Å². The predicted molar refractivity (Wildman–Crippen MR) is 262 cm³/mol. The number of fused-ring (bicyclic) bond motifs is 18. The highest BCUT2D eigenvalue weighted by Gasteiger charge is 2.46. The summed E-state index contributed by atoms with van der Waals surface area (Å²) < 4.78 is 2.44. The Labute approximate surface area is 353 Å². The first kappa shape index (κ1) is 33.1. The third kappa shape index (κ3) is 4.23. The van der Waals surface area contributed by atoms with E-state index in [1.807, 2.05) is 0 Å². The fraction of sp³-hybridized carbons (Fsp3) is 0.0175. The molecule has 2 aliphatic heterocycles. The van der Waals surface area contributed by atoms with Gasteiger partial charge in [-0.3, -0.25) is 4.90 Å². The number of rotatable bonds is 2. The van der Waals surface area contributed by atoms with Gasteiger partial charge >= 0.3 is 0 Å². The molecule has 0 aliphatic carbocycles. The first-order chi connectivity index (χ1) is 30.3. The molecule has 3 heterocycles. The number of aryl methyl sites for hydroxylation is 1. The second kappa shape index (κ2) is 12.1. The van der Waals surface area contributed by atoms with E-state index < -0.39 is 0 Å². The SMILES string of the molecule is Cn1c2c(c3ccccc31)B1c3ccccc3N(c3cccc4c5ccccc5c5ccccc5c34)c3cccc(c31)N2c1cccc2c3ccccc3c3ccccc3c12. The van der Waals surface area contributed by atoms with Crippen molar-refractivity contribution in [2.24, 2.45) is 7.05 Å². The fourth-order valence-corrected chi connectivity index (χ4v) is 11.6. The van der Waals surface area contributed by atoms with E-state index in [0.717, 1.165) is 0 Å². The summed E-state index contributed by atoms with van der Waals surface area (Å²) in [5.41, 5.74) is 11.2. The Balaban J connectivity index is 1.14. The summed E-state index contributed by atoms with van der Waals surface area (Å²) in [6.07, 6.45) is 0. The van der Waals surface area contributed by atoms with Gasteiger partial charge in [0.25, 0.3) is 6.71 Å². The van der Waals surface area contributed by atoms with Gasteiger partial charge in [-0.1, -0.05) is 164 Å². The molecule has 0 fully saturated rings. The first-order valence-corrected chi connectivity index (χ1v) is 21.3. The Hall–Kier alpha value is -7.82. The van der Waals surface area contributed by atoms with Crippen molar-refractivity contribution in [3.8, 4) is 0 Å². The van der Waals surface area contributed by atoms with Crippen LogP contribution in [0.15, 0.2) is 200 Å². The van der Waals surface area contributed by atoms with Crippen LogP contribution in [-0.2, 0) is 7.05 Å². The van der Waals surface area contributed by atoms with Gasteiger partial charge in [-0.15, -0.1) is 0 Å². The van der Waals surface area contributed by atoms with Crippen LogP contribution < -0.4 is 26.2 Å². The maximum Gasteiger partial charge on any atom is 0.255 e. The Kier molecular flexibility index (Phi) is 6.57. The van der Waals surface area contributed by atoms with E-state index in [-0.39, 0.29) is 6.71 Å². The molecule has 0 unspecified atom stereocenters. The molecule has 0 bridgehead atoms. The van der Waals surface area contributed by atoms with E-state index in [1.54, 1.807) is 0 Å². The number of hydrogen-bond donors (Lipinski definition) is 0. The average Bonchev–Trinajstić information content (AvgIpc) is 3.62. The lowest BCUT2D eigenvalue weighted by molar-refractivity contribution is 0.952. The lowest BCUT2D eigenvalue weighted by Gasteiger charge is -2.44. The molecule has 0 radical (unpaired) electrons. The maximum absolute atomic E-state index is 2.60. The van der Waals surface area contributed by atoms with Crippen molar-refractivity contribution in [2.75, 3.05) is 9.80 Å². The van der Waals surface area contributed by atoms with Gasteiger partial charge in [0.1, 0.15) is 5.82 Å². The Morgan fingerprint density at radius 3 is 1.21 bits per heavy atom. The molecule has 0 N–H and O–H groups in total. The zero-order valence-electron chi connectivity index (χ0n) is 33.5. The zero-order chi connectivity index (χ0) is 39.9. The minimum Gasteiger partial charge on any atom is -0.330 e. The van der Waals surface area contributed by atoms with Gasteiger partial charge in [-0.25, -0.2) is 0 Å². The standard InChI is InChI=1S/C57H36BN3/c1-59-47-29-12-10-25-45(47)55-57(59)61(50-32-15-27-44-40-20-5-3-18-36(40)38-22-7-9-24-42(38)54(44)50)52-34-16-33-51-56(52)58(55)46-28-11-13-30-48(46)60(51)49-31-14-26-43-39-19-4-2-17-35(39)37-21-6-8-23-41(37)53(43)49/h2-34H,1H3. The number of hydrogen-bond acceptors (Lipinski definition) is 2. The van der Waals surface area contributed by atoms with Crippen molar-refractivity contribution in [1.29, 1.82) is 0 Å². The second-order valence-electron chi connectivity index (χ2n) is 16.8. The van der Waals surface area contributed by atoms with E-state index in [9.17, 15) is 0 Å². The van der Waals surface area contributed by atoms with E-state index >= 15 is 0 Å². The van der Waals surface area contributed by atoms with Crippen molar-refractivity contribution in [1.82, 2.24) is 4.57 Å². The summed E-state index contributed by atoms with van der Waals surface area (Å²) in [7, 11) is 2.26. The van der Waals surface area contributed by atoms with Crippen molar-refractivity contribution in [3.05, 3.63) is 200 Å². The summed E-state index contributed by atoms with van der Waals surface area (Å²) >= 11 is 0. The molecule has 1 aromatic heterocycles. The minimum absolute atomic E-state index is 0.0103. The lowest BCUT2D eigenvalue weighted by Crippen LogP contribution is -2.61. The quantitative estimate of drug-likeness (QED) is 0.128. The smallest absolute Gasteiger partial charge is 0.255 e. The first-order valence-electron chi connectivity index (χ1n) is 21.3.